The summed E-state index contributed by atoms with van der Waals surface area (Å²) < 4.78 is 29.7. The number of carbonyl (C=O) groups is 4. The number of fused-ring (bicyclic) bond motifs is 7. The molecule has 9 nitrogen and oxygen atoms in total. The normalized spacial score (nSPS) is 41.1. The van der Waals surface area contributed by atoms with E-state index in [4.69, 9.17) is 23.7 Å². The van der Waals surface area contributed by atoms with Crippen molar-refractivity contribution in [3.63, 3.8) is 0 Å². The van der Waals surface area contributed by atoms with Crippen LogP contribution in [-0.4, -0.2) is 56.1 Å². The summed E-state index contributed by atoms with van der Waals surface area (Å²) >= 11 is 0. The maximum atomic E-state index is 14.4. The third-order valence-corrected chi connectivity index (χ3v) is 16.2. The third-order valence-electron chi connectivity index (χ3n) is 16.2. The Hall–Kier alpha value is -2.42. The Labute approximate surface area is 325 Å². The maximum absolute atomic E-state index is 14.4. The van der Waals surface area contributed by atoms with Crippen molar-refractivity contribution in [2.24, 2.45) is 56.7 Å². The van der Waals surface area contributed by atoms with Crippen molar-refractivity contribution in [2.45, 2.75) is 171 Å². The van der Waals surface area contributed by atoms with E-state index >= 15 is 0 Å². The highest BCUT2D eigenvalue weighted by Gasteiger charge is 2.72. The molecule has 0 N–H and O–H groups in total. The Morgan fingerprint density at radius 1 is 0.778 bits per heavy atom. The van der Waals surface area contributed by atoms with Crippen LogP contribution in [0.25, 0.3) is 0 Å². The van der Waals surface area contributed by atoms with Crippen LogP contribution >= 0.6 is 0 Å². The van der Waals surface area contributed by atoms with Gasteiger partial charge in [0.1, 0.15) is 18.8 Å². The van der Waals surface area contributed by atoms with E-state index in [2.05, 4.69) is 54.5 Å². The topological polar surface area (TPSA) is 114 Å². The standard InChI is InChI=1S/C45H72O9/c1-11-12-13-14-15-16-25-50-28-52-40(49)45-22-19-29(2)30(3)38(45)34-17-18-37-41(7)26-35(53-32(5)47)39(54-33(6)48)42(8,27-51-31(4)46)36(41)20-21-44(37,10)43(34,9)23-24-45/h17,29-30,35-39H,11-16,18-28H2,1-10H3/t29-,30+,35-,36?,37?,38?,39+,41+,42+,43-,44-,45+/m1/s1. The molecular weight excluding hydrogens is 684 g/mol. The first kappa shape index (κ1) is 42.7. The van der Waals surface area contributed by atoms with Gasteiger partial charge in [0.25, 0.3) is 0 Å². The van der Waals surface area contributed by atoms with Gasteiger partial charge in [0.2, 0.25) is 0 Å². The van der Waals surface area contributed by atoms with Gasteiger partial charge >= 0.3 is 23.9 Å². The number of hydrogen-bond acceptors (Lipinski definition) is 9. The monoisotopic (exact) mass is 757 g/mol. The van der Waals surface area contributed by atoms with Crippen LogP contribution in [0.1, 0.15) is 159 Å². The predicted molar refractivity (Wildman–Crippen MR) is 207 cm³/mol. The Morgan fingerprint density at radius 3 is 2.13 bits per heavy atom. The highest BCUT2D eigenvalue weighted by molar-refractivity contribution is 5.79. The summed E-state index contributed by atoms with van der Waals surface area (Å²) in [5.41, 5.74) is -0.491. The summed E-state index contributed by atoms with van der Waals surface area (Å²) in [7, 11) is 0. The summed E-state index contributed by atoms with van der Waals surface area (Å²) in [5.74, 6) is -0.177. The number of carbonyl (C=O) groups excluding carboxylic acids is 4. The molecule has 5 rings (SSSR count). The van der Waals surface area contributed by atoms with Crippen LogP contribution in [0, 0.1) is 56.7 Å². The van der Waals surface area contributed by atoms with Gasteiger partial charge < -0.3 is 23.7 Å². The van der Waals surface area contributed by atoms with E-state index in [1.165, 1.54) is 52.0 Å². The Morgan fingerprint density at radius 2 is 1.46 bits per heavy atom. The highest BCUT2D eigenvalue weighted by atomic mass is 16.7. The largest absolute Gasteiger partial charge is 0.465 e. The van der Waals surface area contributed by atoms with Crippen molar-refractivity contribution < 1.29 is 42.9 Å². The smallest absolute Gasteiger partial charge is 0.314 e. The molecule has 4 fully saturated rings. The first-order chi connectivity index (χ1) is 25.4. The Kier molecular flexibility index (Phi) is 13.1. The van der Waals surface area contributed by atoms with Gasteiger partial charge in [-0.15, -0.1) is 0 Å². The van der Waals surface area contributed by atoms with E-state index in [1.54, 1.807) is 0 Å². The molecule has 4 saturated carbocycles. The van der Waals surface area contributed by atoms with Gasteiger partial charge in [0.05, 0.1) is 12.0 Å². The van der Waals surface area contributed by atoms with Crippen molar-refractivity contribution in [1.29, 1.82) is 0 Å². The molecule has 0 saturated heterocycles. The predicted octanol–water partition coefficient (Wildman–Crippen LogP) is 9.54. The fraction of sp³-hybridized carbons (Fsp3) is 0.867. The van der Waals surface area contributed by atoms with Crippen molar-refractivity contribution >= 4 is 23.9 Å². The molecule has 5 aliphatic rings. The second kappa shape index (κ2) is 16.6. The van der Waals surface area contributed by atoms with Crippen LogP contribution in [0.3, 0.4) is 0 Å². The fourth-order valence-corrected chi connectivity index (χ4v) is 13.2. The molecule has 5 aliphatic carbocycles. The summed E-state index contributed by atoms with van der Waals surface area (Å²) in [4.78, 5) is 51.8. The van der Waals surface area contributed by atoms with Gasteiger partial charge in [-0.3, -0.25) is 19.2 Å². The lowest BCUT2D eigenvalue weighted by Crippen LogP contribution is -2.69. The minimum Gasteiger partial charge on any atom is -0.465 e. The molecule has 12 atom stereocenters. The Bertz CT molecular complexity index is 1420. The van der Waals surface area contributed by atoms with Crippen molar-refractivity contribution in [1.82, 2.24) is 0 Å². The van der Waals surface area contributed by atoms with Crippen LogP contribution in [0.15, 0.2) is 11.6 Å². The molecule has 3 unspecified atom stereocenters. The number of allylic oxidation sites excluding steroid dienone is 2. The van der Waals surface area contributed by atoms with Crippen LogP contribution < -0.4 is 0 Å². The van der Waals surface area contributed by atoms with Gasteiger partial charge in [0.15, 0.2) is 6.79 Å². The van der Waals surface area contributed by atoms with Crippen LogP contribution in [0.5, 0.6) is 0 Å². The average Bonchev–Trinajstić information content (AvgIpc) is 3.09. The molecule has 54 heavy (non-hydrogen) atoms. The summed E-state index contributed by atoms with van der Waals surface area (Å²) in [6.07, 6.45) is 14.9. The fourth-order valence-electron chi connectivity index (χ4n) is 13.2. The number of hydrogen-bond donors (Lipinski definition) is 0. The molecule has 0 spiro atoms. The Balaban J connectivity index is 1.46. The lowest BCUT2D eigenvalue weighted by molar-refractivity contribution is -0.256. The van der Waals surface area contributed by atoms with Gasteiger partial charge in [-0.05, 0) is 104 Å². The number of rotatable bonds is 14. The van der Waals surface area contributed by atoms with Gasteiger partial charge in [-0.1, -0.05) is 92.2 Å². The zero-order valence-electron chi connectivity index (χ0n) is 35.3. The molecule has 0 aromatic rings. The van der Waals surface area contributed by atoms with Crippen molar-refractivity contribution in [3.8, 4) is 0 Å². The third kappa shape index (κ3) is 7.54. The zero-order chi connectivity index (χ0) is 39.7. The van der Waals surface area contributed by atoms with E-state index in [9.17, 15) is 19.2 Å². The van der Waals surface area contributed by atoms with Gasteiger partial charge in [-0.25, -0.2) is 0 Å². The lowest BCUT2D eigenvalue weighted by Gasteiger charge is -2.71. The van der Waals surface area contributed by atoms with Crippen molar-refractivity contribution in [2.75, 3.05) is 20.0 Å². The molecule has 9 heteroatoms. The SMILES string of the molecule is CCCCCCCCOCOC(=O)[C@]12CC[C@@H](C)[C@H](C)C1C1=CCC3[C@@]4(C)C[C@@H](OC(C)=O)[C@H](OC(C)=O)[C@@](C)(COC(C)=O)C4CC[C@@]3(C)[C@]1(C)CC2. The van der Waals surface area contributed by atoms with Gasteiger partial charge in [0, 0.05) is 26.2 Å². The lowest BCUT2D eigenvalue weighted by atomic mass is 9.33. The average molecular weight is 757 g/mol. The van der Waals surface area contributed by atoms with Crippen LogP contribution in [0.2, 0.25) is 0 Å². The van der Waals surface area contributed by atoms with E-state index in [0.717, 1.165) is 57.8 Å². The number of esters is 4. The minimum absolute atomic E-state index is 0.0198. The molecule has 0 radical (unpaired) electrons. The summed E-state index contributed by atoms with van der Waals surface area (Å²) in [5, 5.41) is 0. The highest BCUT2D eigenvalue weighted by Crippen LogP contribution is 2.76. The second-order valence-corrected chi connectivity index (χ2v) is 19.2. The van der Waals surface area contributed by atoms with E-state index in [0.29, 0.717) is 24.9 Å². The van der Waals surface area contributed by atoms with Gasteiger partial charge in [-0.2, -0.15) is 0 Å². The zero-order valence-corrected chi connectivity index (χ0v) is 35.3. The minimum atomic E-state index is -0.771. The second-order valence-electron chi connectivity index (χ2n) is 19.2. The quantitative estimate of drug-likeness (QED) is 0.0562. The first-order valence-corrected chi connectivity index (χ1v) is 21.3. The number of unbranched alkanes of at least 4 members (excludes halogenated alkanes) is 5. The summed E-state index contributed by atoms with van der Waals surface area (Å²) in [6.45, 7) is 21.2. The maximum Gasteiger partial charge on any atom is 0.314 e. The summed E-state index contributed by atoms with van der Waals surface area (Å²) in [6, 6.07) is 0. The molecule has 0 aliphatic heterocycles. The van der Waals surface area contributed by atoms with E-state index in [-0.39, 0.29) is 53.4 Å². The molecular formula is C45H72O9. The van der Waals surface area contributed by atoms with E-state index in [1.807, 2.05) is 0 Å². The molecule has 0 amide bonds. The molecule has 0 bridgehead atoms. The van der Waals surface area contributed by atoms with E-state index < -0.39 is 40.9 Å². The van der Waals surface area contributed by atoms with Crippen LogP contribution in [0.4, 0.5) is 0 Å². The van der Waals surface area contributed by atoms with Crippen molar-refractivity contribution in [3.05, 3.63) is 11.6 Å². The number of ether oxygens (including phenoxy) is 5. The molecule has 0 heterocycles. The molecule has 306 valence electrons. The molecule has 0 aromatic carbocycles. The van der Waals surface area contributed by atoms with Crippen LogP contribution in [-0.2, 0) is 42.9 Å². The molecule has 0 aromatic heterocycles. The first-order valence-electron chi connectivity index (χ1n) is 21.3.